The molecule has 0 spiro atoms. The quantitative estimate of drug-likeness (QED) is 0.714. The van der Waals surface area contributed by atoms with Crippen molar-refractivity contribution >= 4 is 12.6 Å². The summed E-state index contributed by atoms with van der Waals surface area (Å²) in [6.07, 6.45) is 5.50. The number of thiol groups is 1. The zero-order valence-corrected chi connectivity index (χ0v) is 9.51. The van der Waals surface area contributed by atoms with Crippen LogP contribution in [0.3, 0.4) is 0 Å². The molecule has 3 fully saturated rings. The van der Waals surface area contributed by atoms with Gasteiger partial charge in [0.15, 0.2) is 0 Å². The van der Waals surface area contributed by atoms with Crippen LogP contribution < -0.4 is 0 Å². The van der Waals surface area contributed by atoms with Gasteiger partial charge in [0.25, 0.3) is 0 Å². The molecule has 3 rings (SSSR count). The van der Waals surface area contributed by atoms with Gasteiger partial charge >= 0.3 is 0 Å². The van der Waals surface area contributed by atoms with Crippen molar-refractivity contribution < 1.29 is 4.74 Å². The van der Waals surface area contributed by atoms with Gasteiger partial charge in [-0.05, 0) is 36.9 Å². The van der Waals surface area contributed by atoms with E-state index in [1.165, 1.54) is 32.2 Å². The van der Waals surface area contributed by atoms with E-state index in [0.717, 1.165) is 31.1 Å². The van der Waals surface area contributed by atoms with Gasteiger partial charge in [-0.2, -0.15) is 12.6 Å². The molecule has 1 saturated carbocycles. The highest BCUT2D eigenvalue weighted by molar-refractivity contribution is 7.80. The molecule has 14 heavy (non-hydrogen) atoms. The fraction of sp³-hybridized carbons (Fsp3) is 1.00. The standard InChI is InChI=1S/C11H19NOS/c14-8-11(3-4-11)7-12-9-1-2-10(12)6-13-5-9/h9-10,14H,1-8H2. The summed E-state index contributed by atoms with van der Waals surface area (Å²) in [5.74, 6) is 1.07. The highest BCUT2D eigenvalue weighted by atomic mass is 32.1. The molecule has 2 unspecified atom stereocenters. The minimum Gasteiger partial charge on any atom is -0.378 e. The van der Waals surface area contributed by atoms with Crippen LogP contribution in [0.5, 0.6) is 0 Å². The van der Waals surface area contributed by atoms with Gasteiger partial charge in [0, 0.05) is 18.6 Å². The monoisotopic (exact) mass is 213 g/mol. The molecule has 3 aliphatic rings. The molecule has 2 atom stereocenters. The second-order valence-corrected chi connectivity index (χ2v) is 5.57. The van der Waals surface area contributed by atoms with Gasteiger partial charge < -0.3 is 4.74 Å². The molecule has 1 aliphatic carbocycles. The average molecular weight is 213 g/mol. The summed E-state index contributed by atoms with van der Waals surface area (Å²) in [6.45, 7) is 3.23. The first-order valence-corrected chi connectivity index (χ1v) is 6.41. The van der Waals surface area contributed by atoms with Crippen molar-refractivity contribution in [1.29, 1.82) is 0 Å². The molecule has 0 aromatic rings. The SMILES string of the molecule is SCC1(CN2C3CCC2COC3)CC1. The van der Waals surface area contributed by atoms with E-state index in [0.29, 0.717) is 5.41 Å². The molecule has 2 nitrogen and oxygen atoms in total. The van der Waals surface area contributed by atoms with Crippen molar-refractivity contribution in [3.63, 3.8) is 0 Å². The van der Waals surface area contributed by atoms with Crippen LogP contribution in [0, 0.1) is 5.41 Å². The second kappa shape index (κ2) is 3.39. The van der Waals surface area contributed by atoms with Crippen molar-refractivity contribution in [3.05, 3.63) is 0 Å². The maximum absolute atomic E-state index is 5.59. The molecule has 80 valence electrons. The Morgan fingerprint density at radius 3 is 2.36 bits per heavy atom. The highest BCUT2D eigenvalue weighted by Gasteiger charge is 2.47. The summed E-state index contributed by atoms with van der Waals surface area (Å²) in [7, 11) is 0. The lowest BCUT2D eigenvalue weighted by Crippen LogP contribution is -2.48. The molecule has 0 amide bonds. The molecular formula is C11H19NOS. The number of rotatable bonds is 3. The van der Waals surface area contributed by atoms with E-state index < -0.39 is 0 Å². The van der Waals surface area contributed by atoms with Crippen molar-refractivity contribution in [2.24, 2.45) is 5.41 Å². The Morgan fingerprint density at radius 2 is 1.86 bits per heavy atom. The number of morpholine rings is 1. The van der Waals surface area contributed by atoms with E-state index in [9.17, 15) is 0 Å². The first kappa shape index (κ1) is 9.49. The second-order valence-electron chi connectivity index (χ2n) is 5.25. The maximum atomic E-state index is 5.59. The van der Waals surface area contributed by atoms with Gasteiger partial charge in [0.05, 0.1) is 13.2 Å². The lowest BCUT2D eigenvalue weighted by atomic mass is 10.1. The normalized spacial score (nSPS) is 40.1. The van der Waals surface area contributed by atoms with Crippen LogP contribution in [0.4, 0.5) is 0 Å². The molecule has 3 heteroatoms. The zero-order chi connectivity index (χ0) is 9.60. The van der Waals surface area contributed by atoms with E-state index in [1.54, 1.807) is 0 Å². The Kier molecular flexibility index (Phi) is 2.30. The summed E-state index contributed by atoms with van der Waals surface area (Å²) >= 11 is 4.48. The minimum atomic E-state index is 0.585. The fourth-order valence-electron chi connectivity index (χ4n) is 2.90. The summed E-state index contributed by atoms with van der Waals surface area (Å²) in [5.41, 5.74) is 0.585. The third-order valence-corrected chi connectivity index (χ3v) is 4.87. The smallest absolute Gasteiger partial charge is 0.0622 e. The molecular weight excluding hydrogens is 194 g/mol. The van der Waals surface area contributed by atoms with E-state index in [1.807, 2.05) is 0 Å². The van der Waals surface area contributed by atoms with E-state index in [2.05, 4.69) is 17.5 Å². The number of hydrogen-bond acceptors (Lipinski definition) is 3. The predicted octanol–water partition coefficient (Wildman–Crippen LogP) is 1.56. The van der Waals surface area contributed by atoms with Crippen LogP contribution in [0.1, 0.15) is 25.7 Å². The number of ether oxygens (including phenoxy) is 1. The molecule has 0 N–H and O–H groups in total. The molecule has 2 aliphatic heterocycles. The Bertz CT molecular complexity index is 213. The lowest BCUT2D eigenvalue weighted by Gasteiger charge is -2.36. The Balaban J connectivity index is 1.67. The van der Waals surface area contributed by atoms with E-state index in [-0.39, 0.29) is 0 Å². The third kappa shape index (κ3) is 1.50. The first-order chi connectivity index (χ1) is 6.83. The maximum Gasteiger partial charge on any atom is 0.0622 e. The van der Waals surface area contributed by atoms with E-state index in [4.69, 9.17) is 4.74 Å². The van der Waals surface area contributed by atoms with Gasteiger partial charge in [-0.15, -0.1) is 0 Å². The van der Waals surface area contributed by atoms with Gasteiger partial charge in [0.1, 0.15) is 0 Å². The van der Waals surface area contributed by atoms with Gasteiger partial charge in [0.2, 0.25) is 0 Å². The Labute approximate surface area is 91.4 Å². The van der Waals surface area contributed by atoms with Crippen LogP contribution in [0.2, 0.25) is 0 Å². The number of hydrogen-bond donors (Lipinski definition) is 1. The Hall–Kier alpha value is 0.270. The number of nitrogens with zero attached hydrogens (tertiary/aromatic N) is 1. The molecule has 2 bridgehead atoms. The van der Waals surface area contributed by atoms with Crippen LogP contribution in [-0.4, -0.2) is 42.5 Å². The average Bonchev–Trinajstić information content (AvgIpc) is 2.93. The summed E-state index contributed by atoms with van der Waals surface area (Å²) in [5, 5.41) is 0. The number of fused-ring (bicyclic) bond motifs is 2. The zero-order valence-electron chi connectivity index (χ0n) is 8.61. The largest absolute Gasteiger partial charge is 0.378 e. The summed E-state index contributed by atoms with van der Waals surface area (Å²) < 4.78 is 5.59. The van der Waals surface area contributed by atoms with Crippen LogP contribution >= 0.6 is 12.6 Å². The van der Waals surface area contributed by atoms with Gasteiger partial charge in [-0.3, -0.25) is 4.90 Å². The summed E-state index contributed by atoms with van der Waals surface area (Å²) in [4.78, 5) is 2.72. The fourth-order valence-corrected chi connectivity index (χ4v) is 3.32. The van der Waals surface area contributed by atoms with Crippen LogP contribution in [0.25, 0.3) is 0 Å². The Morgan fingerprint density at radius 1 is 1.21 bits per heavy atom. The minimum absolute atomic E-state index is 0.585. The van der Waals surface area contributed by atoms with Crippen molar-refractivity contribution in [2.45, 2.75) is 37.8 Å². The van der Waals surface area contributed by atoms with Crippen molar-refractivity contribution in [2.75, 3.05) is 25.5 Å². The molecule has 0 radical (unpaired) electrons. The summed E-state index contributed by atoms with van der Waals surface area (Å²) in [6, 6.07) is 1.46. The molecule has 0 aromatic heterocycles. The first-order valence-electron chi connectivity index (χ1n) is 5.77. The molecule has 2 heterocycles. The third-order valence-electron chi connectivity index (χ3n) is 4.20. The topological polar surface area (TPSA) is 12.5 Å². The van der Waals surface area contributed by atoms with Crippen LogP contribution in [0.15, 0.2) is 0 Å². The highest BCUT2D eigenvalue weighted by Crippen LogP contribution is 2.48. The van der Waals surface area contributed by atoms with Gasteiger partial charge in [-0.25, -0.2) is 0 Å². The van der Waals surface area contributed by atoms with Crippen molar-refractivity contribution in [3.8, 4) is 0 Å². The molecule has 2 saturated heterocycles. The van der Waals surface area contributed by atoms with E-state index >= 15 is 0 Å². The van der Waals surface area contributed by atoms with Gasteiger partial charge in [-0.1, -0.05) is 0 Å². The predicted molar refractivity (Wildman–Crippen MR) is 59.9 cm³/mol. The van der Waals surface area contributed by atoms with Crippen molar-refractivity contribution in [1.82, 2.24) is 4.90 Å². The van der Waals surface area contributed by atoms with Crippen LogP contribution in [-0.2, 0) is 4.74 Å². The molecule has 0 aromatic carbocycles. The lowest BCUT2D eigenvalue weighted by molar-refractivity contribution is -0.0218.